The van der Waals surface area contributed by atoms with Gasteiger partial charge in [-0.3, -0.25) is 0 Å². The van der Waals surface area contributed by atoms with Gasteiger partial charge in [-0.2, -0.15) is 18.4 Å². The Morgan fingerprint density at radius 3 is 2.25 bits per heavy atom. The molecular formula is C16H9F6NO. The monoisotopic (exact) mass is 345 g/mol. The molecule has 126 valence electrons. The zero-order valence-corrected chi connectivity index (χ0v) is 11.9. The summed E-state index contributed by atoms with van der Waals surface area (Å²) in [5, 5.41) is 8.59. The SMILES string of the molecule is N#CCc1ccc(-c2cccc(OC(F)(F)F)c2)c(C(F)(F)F)c1. The Labute approximate surface area is 132 Å². The first kappa shape index (κ1) is 17.7. The standard InChI is InChI=1S/C16H9F6NO/c17-15(18,19)14-8-10(6-7-23)4-5-13(14)11-2-1-3-12(9-11)24-16(20,21)22/h1-5,8-9H,6H2. The third-order valence-corrected chi connectivity index (χ3v) is 3.05. The molecule has 0 amide bonds. The van der Waals surface area contributed by atoms with E-state index in [-0.39, 0.29) is 23.1 Å². The van der Waals surface area contributed by atoms with Crippen molar-refractivity contribution in [1.29, 1.82) is 5.26 Å². The van der Waals surface area contributed by atoms with Crippen molar-refractivity contribution in [2.75, 3.05) is 0 Å². The van der Waals surface area contributed by atoms with Gasteiger partial charge >= 0.3 is 12.5 Å². The van der Waals surface area contributed by atoms with Gasteiger partial charge in [0.25, 0.3) is 0 Å². The average molecular weight is 345 g/mol. The Morgan fingerprint density at radius 2 is 1.67 bits per heavy atom. The number of ether oxygens (including phenoxy) is 1. The topological polar surface area (TPSA) is 33.0 Å². The van der Waals surface area contributed by atoms with E-state index in [1.165, 1.54) is 18.2 Å². The van der Waals surface area contributed by atoms with Gasteiger partial charge in [0.15, 0.2) is 0 Å². The minimum absolute atomic E-state index is 0.0763. The van der Waals surface area contributed by atoms with Crippen molar-refractivity contribution in [2.45, 2.75) is 19.0 Å². The van der Waals surface area contributed by atoms with Crippen molar-refractivity contribution in [3.63, 3.8) is 0 Å². The molecule has 0 aliphatic rings. The first-order valence-electron chi connectivity index (χ1n) is 6.53. The van der Waals surface area contributed by atoms with Gasteiger partial charge in [0.2, 0.25) is 0 Å². The van der Waals surface area contributed by atoms with E-state index in [2.05, 4.69) is 4.74 Å². The van der Waals surface area contributed by atoms with E-state index in [1.54, 1.807) is 6.07 Å². The summed E-state index contributed by atoms with van der Waals surface area (Å²) in [4.78, 5) is 0. The molecule has 0 heterocycles. The van der Waals surface area contributed by atoms with Gasteiger partial charge in [0.1, 0.15) is 5.75 Å². The summed E-state index contributed by atoms with van der Waals surface area (Å²) in [7, 11) is 0. The van der Waals surface area contributed by atoms with E-state index in [4.69, 9.17) is 5.26 Å². The molecule has 0 unspecified atom stereocenters. The molecule has 2 nitrogen and oxygen atoms in total. The third-order valence-electron chi connectivity index (χ3n) is 3.05. The summed E-state index contributed by atoms with van der Waals surface area (Å²) in [5.41, 5.74) is -1.24. The molecule has 2 rings (SSSR count). The molecule has 2 aromatic carbocycles. The van der Waals surface area contributed by atoms with E-state index < -0.39 is 23.9 Å². The maximum Gasteiger partial charge on any atom is 0.573 e. The second-order valence-corrected chi connectivity index (χ2v) is 4.79. The maximum absolute atomic E-state index is 13.2. The Kier molecular flexibility index (Phi) is 4.73. The Hall–Kier alpha value is -2.69. The van der Waals surface area contributed by atoms with Crippen molar-refractivity contribution in [2.24, 2.45) is 0 Å². The first-order valence-corrected chi connectivity index (χ1v) is 6.53. The van der Waals surface area contributed by atoms with Gasteiger partial charge in [0, 0.05) is 0 Å². The van der Waals surface area contributed by atoms with Crippen LogP contribution in [-0.4, -0.2) is 6.36 Å². The van der Waals surface area contributed by atoms with Crippen molar-refractivity contribution >= 4 is 0 Å². The summed E-state index contributed by atoms with van der Waals surface area (Å²) in [6.45, 7) is 0. The van der Waals surface area contributed by atoms with Crippen LogP contribution in [-0.2, 0) is 12.6 Å². The molecule has 0 aromatic heterocycles. The van der Waals surface area contributed by atoms with Crippen LogP contribution in [0.5, 0.6) is 5.75 Å². The maximum atomic E-state index is 13.2. The second-order valence-electron chi connectivity index (χ2n) is 4.79. The molecule has 0 fully saturated rings. The van der Waals surface area contributed by atoms with Crippen LogP contribution in [0.1, 0.15) is 11.1 Å². The van der Waals surface area contributed by atoms with Crippen molar-refractivity contribution in [3.05, 3.63) is 53.6 Å². The van der Waals surface area contributed by atoms with Crippen LogP contribution >= 0.6 is 0 Å². The number of hydrogen-bond donors (Lipinski definition) is 0. The molecule has 8 heteroatoms. The van der Waals surface area contributed by atoms with Crippen LogP contribution in [0.3, 0.4) is 0 Å². The fourth-order valence-electron chi connectivity index (χ4n) is 2.14. The minimum atomic E-state index is -4.94. The van der Waals surface area contributed by atoms with Crippen molar-refractivity contribution in [3.8, 4) is 22.9 Å². The summed E-state index contributed by atoms with van der Waals surface area (Å²) in [5.74, 6) is -0.616. The normalized spacial score (nSPS) is 11.9. The molecule has 0 saturated heterocycles. The minimum Gasteiger partial charge on any atom is -0.406 e. The number of nitriles is 1. The molecule has 0 spiro atoms. The molecule has 0 radical (unpaired) electrons. The summed E-state index contributed by atoms with van der Waals surface area (Å²) in [6.07, 6.45) is -9.87. The highest BCUT2D eigenvalue weighted by Gasteiger charge is 2.34. The van der Waals surface area contributed by atoms with Crippen molar-refractivity contribution in [1.82, 2.24) is 0 Å². The zero-order valence-electron chi connectivity index (χ0n) is 11.9. The average Bonchev–Trinajstić information content (AvgIpc) is 2.45. The van der Waals surface area contributed by atoms with Crippen LogP contribution in [0.4, 0.5) is 26.3 Å². The van der Waals surface area contributed by atoms with E-state index in [1.807, 2.05) is 0 Å². The van der Waals surface area contributed by atoms with Crippen LogP contribution in [0.2, 0.25) is 0 Å². The van der Waals surface area contributed by atoms with E-state index in [0.717, 1.165) is 24.3 Å². The summed E-state index contributed by atoms with van der Waals surface area (Å²) >= 11 is 0. The molecule has 0 aliphatic heterocycles. The van der Waals surface area contributed by atoms with Crippen molar-refractivity contribution < 1.29 is 31.1 Å². The molecule has 0 N–H and O–H groups in total. The van der Waals surface area contributed by atoms with E-state index in [0.29, 0.717) is 0 Å². The number of halogens is 6. The van der Waals surface area contributed by atoms with Crippen LogP contribution in [0, 0.1) is 11.3 Å². The number of hydrogen-bond acceptors (Lipinski definition) is 2. The zero-order chi connectivity index (χ0) is 18.0. The Morgan fingerprint density at radius 1 is 0.958 bits per heavy atom. The number of rotatable bonds is 3. The number of benzene rings is 2. The second kappa shape index (κ2) is 6.43. The molecule has 0 bridgehead atoms. The third kappa shape index (κ3) is 4.41. The fourth-order valence-corrected chi connectivity index (χ4v) is 2.14. The summed E-state index contributed by atoms with van der Waals surface area (Å²) in [6, 6.07) is 9.30. The van der Waals surface area contributed by atoms with Gasteiger partial charge in [-0.1, -0.05) is 24.3 Å². The lowest BCUT2D eigenvalue weighted by Gasteiger charge is -2.15. The molecule has 24 heavy (non-hydrogen) atoms. The van der Waals surface area contributed by atoms with E-state index >= 15 is 0 Å². The van der Waals surface area contributed by atoms with Crippen LogP contribution in [0.15, 0.2) is 42.5 Å². The molecule has 2 aromatic rings. The van der Waals surface area contributed by atoms with Crippen LogP contribution in [0.25, 0.3) is 11.1 Å². The first-order chi connectivity index (χ1) is 11.1. The highest BCUT2D eigenvalue weighted by Crippen LogP contribution is 2.39. The number of alkyl halides is 6. The highest BCUT2D eigenvalue weighted by molar-refractivity contribution is 5.70. The van der Waals surface area contributed by atoms with Gasteiger partial charge in [0.05, 0.1) is 18.1 Å². The Bertz CT molecular complexity index is 773. The molecule has 0 saturated carbocycles. The smallest absolute Gasteiger partial charge is 0.406 e. The summed E-state index contributed by atoms with van der Waals surface area (Å²) < 4.78 is 80.2. The van der Waals surface area contributed by atoms with Gasteiger partial charge in [-0.05, 0) is 34.9 Å². The molecule has 0 aliphatic carbocycles. The van der Waals surface area contributed by atoms with E-state index in [9.17, 15) is 26.3 Å². The predicted octanol–water partition coefficient (Wildman–Crippen LogP) is 5.34. The lowest BCUT2D eigenvalue weighted by Crippen LogP contribution is -2.17. The Balaban J connectivity index is 2.52. The largest absolute Gasteiger partial charge is 0.573 e. The molecular weight excluding hydrogens is 336 g/mol. The fraction of sp³-hybridized carbons (Fsp3) is 0.188. The van der Waals surface area contributed by atoms with Gasteiger partial charge in [-0.15, -0.1) is 13.2 Å². The van der Waals surface area contributed by atoms with Crippen LogP contribution < -0.4 is 4.74 Å². The quantitative estimate of drug-likeness (QED) is 0.704. The number of nitrogens with zero attached hydrogens (tertiary/aromatic N) is 1. The molecule has 0 atom stereocenters. The van der Waals surface area contributed by atoms with Gasteiger partial charge in [-0.25, -0.2) is 0 Å². The lowest BCUT2D eigenvalue weighted by atomic mass is 9.96. The van der Waals surface area contributed by atoms with Gasteiger partial charge < -0.3 is 4.74 Å². The highest BCUT2D eigenvalue weighted by atomic mass is 19.4. The lowest BCUT2D eigenvalue weighted by molar-refractivity contribution is -0.274. The predicted molar refractivity (Wildman–Crippen MR) is 72.9 cm³/mol.